The molecule has 0 spiro atoms. The number of hydrogen-bond donors (Lipinski definition) is 5. The fraction of sp³-hybridized carbons (Fsp3) is 0.143. The molecule has 11 heteroatoms. The van der Waals surface area contributed by atoms with Gasteiger partial charge < -0.3 is 20.7 Å². The van der Waals surface area contributed by atoms with Crippen LogP contribution < -0.4 is 10.6 Å². The first-order chi connectivity index (χ1) is 18.9. The van der Waals surface area contributed by atoms with E-state index >= 15 is 0 Å². The molecule has 2 amide bonds. The van der Waals surface area contributed by atoms with Crippen LogP contribution in [0.5, 0.6) is 0 Å². The van der Waals surface area contributed by atoms with E-state index in [1.807, 2.05) is 60.7 Å². The molecule has 0 radical (unpaired) electrons. The average Bonchev–Trinajstić information content (AvgIpc) is 3.45. The Balaban J connectivity index is 0.00000134. The van der Waals surface area contributed by atoms with Crippen molar-refractivity contribution in [3.8, 4) is 0 Å². The van der Waals surface area contributed by atoms with E-state index < -0.39 is 17.9 Å². The van der Waals surface area contributed by atoms with Crippen molar-refractivity contribution in [2.45, 2.75) is 25.4 Å². The average molecular weight is 526 g/mol. The van der Waals surface area contributed by atoms with E-state index in [0.717, 1.165) is 21.9 Å². The normalized spacial score (nSPS) is 11.4. The van der Waals surface area contributed by atoms with Gasteiger partial charge in [-0.15, -0.1) is 5.53 Å². The summed E-state index contributed by atoms with van der Waals surface area (Å²) in [6, 6.07) is 21.7. The van der Waals surface area contributed by atoms with Crippen molar-refractivity contribution in [2.75, 3.05) is 0 Å². The molecule has 4 rings (SSSR count). The number of hydrogen-bond acceptors (Lipinski definition) is 5. The van der Waals surface area contributed by atoms with Crippen LogP contribution in [-0.4, -0.2) is 38.9 Å². The summed E-state index contributed by atoms with van der Waals surface area (Å²) in [6.45, 7) is 0.303. The lowest BCUT2D eigenvalue weighted by Crippen LogP contribution is -2.43. The number of fused-ring (bicyclic) bond motifs is 1. The van der Waals surface area contributed by atoms with Crippen LogP contribution >= 0.6 is 0 Å². The van der Waals surface area contributed by atoms with Crippen LogP contribution in [-0.2, 0) is 27.3 Å². The zero-order valence-corrected chi connectivity index (χ0v) is 20.9. The molecule has 0 saturated heterocycles. The molecule has 0 aliphatic carbocycles. The second kappa shape index (κ2) is 14.4. The highest BCUT2D eigenvalue weighted by Crippen LogP contribution is 2.18. The van der Waals surface area contributed by atoms with Gasteiger partial charge in [-0.25, -0.2) is 9.78 Å². The Kier molecular flexibility index (Phi) is 10.4. The number of nitrogens with zero attached hydrogens (tertiary/aromatic N) is 3. The van der Waals surface area contributed by atoms with Crippen LogP contribution in [0.15, 0.2) is 90.9 Å². The van der Waals surface area contributed by atoms with Crippen LogP contribution in [0.2, 0.25) is 0 Å². The number of H-pyrrole nitrogens is 1. The molecule has 0 aliphatic heterocycles. The summed E-state index contributed by atoms with van der Waals surface area (Å²) >= 11 is 0. The molecule has 11 nitrogen and oxygen atoms in total. The molecule has 0 aliphatic rings. The maximum Gasteiger partial charge on any atom is 0.326 e. The fourth-order valence-electron chi connectivity index (χ4n) is 3.89. The molecule has 0 bridgehead atoms. The standard InChI is InChI=1S/C28H26N4O4.HN3/c33-26(30-16-21-11-6-10-20-9-4-5-12-24(20)21)14-22(13-19-7-2-1-3-8-19)27(34)32-25(28(35)36)15-23-17-29-18-31-23;1-3-2/h1-13,17-18,25H,14-16H2,(H,29,31)(H,30,33)(H,32,34)(H,35,36);1H/t25-;/m0./s1. The van der Waals surface area contributed by atoms with Crippen LogP contribution in [0.25, 0.3) is 27.3 Å². The summed E-state index contributed by atoms with van der Waals surface area (Å²) < 4.78 is 0. The van der Waals surface area contributed by atoms with Gasteiger partial charge in [0, 0.05) is 24.7 Å². The lowest BCUT2D eigenvalue weighted by molar-refractivity contribution is -0.141. The molecule has 1 heterocycles. The highest BCUT2D eigenvalue weighted by atomic mass is 16.4. The van der Waals surface area contributed by atoms with E-state index in [-0.39, 0.29) is 24.3 Å². The van der Waals surface area contributed by atoms with Crippen molar-refractivity contribution < 1.29 is 19.5 Å². The van der Waals surface area contributed by atoms with Crippen molar-refractivity contribution in [2.24, 2.45) is 0 Å². The van der Waals surface area contributed by atoms with Gasteiger partial charge in [0.05, 0.1) is 18.4 Å². The quantitative estimate of drug-likeness (QED) is 0.0891. The Labute approximate surface area is 224 Å². The van der Waals surface area contributed by atoms with E-state index in [9.17, 15) is 19.5 Å². The first-order valence-corrected chi connectivity index (χ1v) is 11.9. The Morgan fingerprint density at radius 2 is 1.74 bits per heavy atom. The Hall–Kier alpha value is -5.41. The van der Waals surface area contributed by atoms with E-state index in [1.54, 1.807) is 29.3 Å². The van der Waals surface area contributed by atoms with Gasteiger partial charge in [-0.3, -0.25) is 9.59 Å². The lowest BCUT2D eigenvalue weighted by Gasteiger charge is -2.16. The summed E-state index contributed by atoms with van der Waals surface area (Å²) in [6.07, 6.45) is 4.41. The van der Waals surface area contributed by atoms with Gasteiger partial charge >= 0.3 is 5.97 Å². The maximum absolute atomic E-state index is 13.1. The summed E-state index contributed by atoms with van der Waals surface area (Å²) in [7, 11) is 0. The third-order valence-electron chi connectivity index (χ3n) is 5.71. The number of imidazole rings is 1. The zero-order chi connectivity index (χ0) is 28.0. The number of amides is 2. The molecule has 4 aromatic rings. The second-order valence-electron chi connectivity index (χ2n) is 8.40. The van der Waals surface area contributed by atoms with Crippen LogP contribution in [0.1, 0.15) is 23.2 Å². The van der Waals surface area contributed by atoms with Crippen molar-refractivity contribution >= 4 is 34.6 Å². The third kappa shape index (κ3) is 8.59. The zero-order valence-electron chi connectivity index (χ0n) is 20.9. The Morgan fingerprint density at radius 1 is 1.05 bits per heavy atom. The minimum Gasteiger partial charge on any atom is -0.480 e. The molecule has 0 fully saturated rings. The Bertz CT molecular complexity index is 1470. The van der Waals surface area contributed by atoms with Gasteiger partial charge in [0.15, 0.2) is 0 Å². The van der Waals surface area contributed by atoms with Gasteiger partial charge in [0.1, 0.15) is 6.04 Å². The molecular weight excluding hydrogens is 498 g/mol. The molecule has 39 heavy (non-hydrogen) atoms. The summed E-state index contributed by atoms with van der Waals surface area (Å²) in [4.78, 5) is 46.3. The second-order valence-corrected chi connectivity index (χ2v) is 8.40. The van der Waals surface area contributed by atoms with E-state index in [0.29, 0.717) is 12.2 Å². The van der Waals surface area contributed by atoms with Gasteiger partial charge in [-0.1, -0.05) is 72.8 Å². The SMILES string of the molecule is O=C(CC(=Cc1ccccc1)C(=O)N[C@@H](Cc1c[nH]cn1)C(=O)O)NCc1cccc2ccccc12.[N-]=[N+]=N. The minimum absolute atomic E-state index is 0.0104. The van der Waals surface area contributed by atoms with Crippen molar-refractivity contribution in [3.05, 3.63) is 118 Å². The molecule has 198 valence electrons. The summed E-state index contributed by atoms with van der Waals surface area (Å²) in [5.41, 5.74) is 14.6. The molecular formula is C28H27N7O4. The summed E-state index contributed by atoms with van der Waals surface area (Å²) in [5.74, 6) is -2.16. The molecule has 1 aromatic heterocycles. The number of carboxylic acids is 1. The number of carbonyl (C=O) groups is 3. The van der Waals surface area contributed by atoms with E-state index in [4.69, 9.17) is 11.1 Å². The van der Waals surface area contributed by atoms with Crippen LogP contribution in [0.4, 0.5) is 0 Å². The third-order valence-corrected chi connectivity index (χ3v) is 5.71. The molecule has 5 N–H and O–H groups in total. The number of aliphatic carboxylic acids is 1. The van der Waals surface area contributed by atoms with Crippen molar-refractivity contribution in [3.63, 3.8) is 0 Å². The van der Waals surface area contributed by atoms with Gasteiger partial charge in [-0.05, 0) is 38.4 Å². The highest BCUT2D eigenvalue weighted by Gasteiger charge is 2.24. The van der Waals surface area contributed by atoms with Gasteiger partial charge in [0.2, 0.25) is 11.8 Å². The number of carbonyl (C=O) groups excluding carboxylic acids is 2. The predicted octanol–water partition coefficient (Wildman–Crippen LogP) is 4.34. The van der Waals surface area contributed by atoms with Crippen LogP contribution in [0, 0.1) is 5.53 Å². The van der Waals surface area contributed by atoms with Gasteiger partial charge in [-0.2, -0.15) is 0 Å². The Morgan fingerprint density at radius 3 is 2.44 bits per heavy atom. The largest absolute Gasteiger partial charge is 0.480 e. The monoisotopic (exact) mass is 525 g/mol. The smallest absolute Gasteiger partial charge is 0.326 e. The number of carboxylic acid groups (broad SMARTS) is 1. The number of aromatic amines is 1. The number of benzene rings is 3. The highest BCUT2D eigenvalue weighted by molar-refractivity contribution is 6.03. The van der Waals surface area contributed by atoms with Gasteiger partial charge in [0.25, 0.3) is 0 Å². The van der Waals surface area contributed by atoms with E-state index in [2.05, 4.69) is 20.6 Å². The molecule has 1 atom stereocenters. The van der Waals surface area contributed by atoms with Crippen molar-refractivity contribution in [1.82, 2.24) is 20.6 Å². The van der Waals surface area contributed by atoms with E-state index in [1.165, 1.54) is 6.33 Å². The number of rotatable bonds is 10. The van der Waals surface area contributed by atoms with Crippen LogP contribution in [0.3, 0.4) is 0 Å². The van der Waals surface area contributed by atoms with Crippen molar-refractivity contribution in [1.29, 1.82) is 5.53 Å². The number of aromatic nitrogens is 2. The molecule has 0 saturated carbocycles. The fourth-order valence-corrected chi connectivity index (χ4v) is 3.89. The first kappa shape index (κ1) is 28.2. The maximum atomic E-state index is 13.1. The summed E-state index contributed by atoms with van der Waals surface area (Å²) in [5, 5.41) is 17.2. The molecule has 3 aromatic carbocycles. The first-order valence-electron chi connectivity index (χ1n) is 11.9. The molecule has 0 unspecified atom stereocenters. The minimum atomic E-state index is -1.20. The number of nitrogens with one attached hydrogen (secondary N) is 4. The lowest BCUT2D eigenvalue weighted by atomic mass is 10.0. The predicted molar refractivity (Wildman–Crippen MR) is 146 cm³/mol. The topological polar surface area (TPSA) is 184 Å².